The number of nitrogens with one attached hydrogen (secondary N) is 5. The zero-order valence-corrected chi connectivity index (χ0v) is 59.3. The molecule has 2 aliphatic heterocycles. The van der Waals surface area contributed by atoms with E-state index in [-0.39, 0.29) is 36.4 Å². The molecule has 538 valence electrons. The van der Waals surface area contributed by atoms with Gasteiger partial charge in [0.25, 0.3) is 0 Å². The third kappa shape index (κ3) is 13.2. The number of ether oxygens (including phenoxy) is 1. The molecule has 0 bridgehead atoms. The molecule has 24 nitrogen and oxygen atoms in total. The second-order valence-corrected chi connectivity index (χ2v) is 28.4. The maximum atomic E-state index is 13.0. The number of nitrogen functional groups attached to an aromatic ring is 3. The summed E-state index contributed by atoms with van der Waals surface area (Å²) in [5, 5.41) is 7.57. The Labute approximate surface area is 619 Å². The number of aromatic nitrogens is 15. The van der Waals surface area contributed by atoms with Crippen molar-refractivity contribution in [3.63, 3.8) is 0 Å². The lowest BCUT2D eigenvalue weighted by Gasteiger charge is -2.31. The van der Waals surface area contributed by atoms with Gasteiger partial charge >= 0.3 is 6.09 Å². The van der Waals surface area contributed by atoms with E-state index in [2.05, 4.69) is 148 Å². The molecule has 11 aromatic heterocycles. The minimum absolute atomic E-state index is 0.0118. The summed E-state index contributed by atoms with van der Waals surface area (Å²) in [6, 6.07) is 59.1. The van der Waals surface area contributed by atoms with Gasteiger partial charge in [-0.3, -0.25) is 33.2 Å². The lowest BCUT2D eigenvalue weighted by molar-refractivity contribution is -0.120. The Morgan fingerprint density at radius 2 is 0.981 bits per heavy atom. The highest BCUT2D eigenvalue weighted by Crippen LogP contribution is 2.42. The van der Waals surface area contributed by atoms with Crippen molar-refractivity contribution < 1.29 is 14.3 Å². The number of aromatic amines is 4. The summed E-state index contributed by atoms with van der Waals surface area (Å²) in [5.74, 6) is 5.64. The Hall–Kier alpha value is -13.2. The van der Waals surface area contributed by atoms with Crippen LogP contribution in [0.15, 0.2) is 219 Å². The van der Waals surface area contributed by atoms with Gasteiger partial charge in [0, 0.05) is 130 Å². The van der Waals surface area contributed by atoms with Gasteiger partial charge in [-0.1, -0.05) is 109 Å². The number of likely N-dealkylation sites (tertiary alicyclic amines) is 2. The van der Waals surface area contributed by atoms with Gasteiger partial charge in [-0.05, 0) is 137 Å². The number of hydrogen-bond donors (Lipinski definition) is 8. The first-order chi connectivity index (χ1) is 53.0. The number of para-hydroxylation sites is 5. The number of hydrogen-bond acceptors (Lipinski definition) is 15. The van der Waals surface area contributed by atoms with Gasteiger partial charge in [0.1, 0.15) is 75.2 Å². The quantitative estimate of drug-likeness (QED) is 0.0564. The number of benzene rings is 6. The highest BCUT2D eigenvalue weighted by atomic mass is 16.6. The predicted molar refractivity (Wildman–Crippen MR) is 423 cm³/mol. The standard InChI is InChI=1S/C29H27N7.C28H26N8O.C27H26N6O2/c30-28-27-26(25-17-21-6-2-4-8-24(21)33-25)34-29(36(27)16-13-31-28)20-11-14-35(15-12-20)18-22-10-9-19-5-1-3-7-23(19)32-22;29-25-24-23(22-15-18-5-1-2-6-19(18)31-22)34-26(36(24)14-13-30-25)16-9-11-17(12-10-16)27(37)35-28-32-20-7-3-4-8-21(20)33-28;28-25-24-23(21-6-7-22-20(16-21)8-11-29-22)31-26(33(24)15-12-30-25)19-9-13-32(14-10-19)27(34)35-17-18-4-2-1-3-5-18/h1-10,13,16-17,20,33H,11-12,14-15,18H2,(H2,30,31);1-8,13-17,31H,9-12H2,(H2,29,30)(H2,32,33,35,37);1-8,11-12,15-16,19,29H,9-10,13-14,17H2,(H2,28,30). The van der Waals surface area contributed by atoms with E-state index >= 15 is 0 Å². The molecule has 6 aromatic carbocycles. The van der Waals surface area contributed by atoms with E-state index in [1.807, 2.05) is 116 Å². The maximum Gasteiger partial charge on any atom is 0.410 e. The normalized spacial score (nSPS) is 16.0. The number of nitrogens with zero attached hydrogens (tertiary/aromatic N) is 13. The van der Waals surface area contributed by atoms with Gasteiger partial charge in [0.05, 0.1) is 33.6 Å². The summed E-state index contributed by atoms with van der Waals surface area (Å²) in [6.45, 7) is 4.42. The molecule has 0 atom stereocenters. The van der Waals surface area contributed by atoms with Crippen LogP contribution in [0.25, 0.3) is 105 Å². The second-order valence-electron chi connectivity index (χ2n) is 28.4. The third-order valence-electron chi connectivity index (χ3n) is 21.6. The molecule has 20 rings (SSSR count). The van der Waals surface area contributed by atoms with E-state index in [9.17, 15) is 9.59 Å². The molecule has 2 saturated heterocycles. The van der Waals surface area contributed by atoms with E-state index in [1.165, 1.54) is 5.39 Å². The Balaban J connectivity index is 0.000000114. The fourth-order valence-corrected chi connectivity index (χ4v) is 16.1. The number of amides is 2. The van der Waals surface area contributed by atoms with Crippen LogP contribution in [0.2, 0.25) is 0 Å². The van der Waals surface area contributed by atoms with E-state index in [4.69, 9.17) is 41.9 Å². The van der Waals surface area contributed by atoms with Gasteiger partial charge in [0.15, 0.2) is 0 Å². The summed E-state index contributed by atoms with van der Waals surface area (Å²) in [7, 11) is 0. The van der Waals surface area contributed by atoms with E-state index in [0.717, 1.165) is 200 Å². The summed E-state index contributed by atoms with van der Waals surface area (Å²) >= 11 is 0. The number of H-pyrrole nitrogens is 4. The topological polar surface area (TPSA) is 319 Å². The van der Waals surface area contributed by atoms with Crippen LogP contribution >= 0.6 is 0 Å². The van der Waals surface area contributed by atoms with Crippen molar-refractivity contribution in [1.82, 2.24) is 82.8 Å². The minimum Gasteiger partial charge on any atom is -0.445 e. The number of nitrogens with two attached hydrogens (primary N) is 3. The average molecular weight is 1430 g/mol. The third-order valence-corrected chi connectivity index (χ3v) is 21.6. The van der Waals surface area contributed by atoms with Gasteiger partial charge < -0.3 is 46.8 Å². The lowest BCUT2D eigenvalue weighted by Crippen LogP contribution is -2.38. The Bertz CT molecular complexity index is 6060. The zero-order valence-electron chi connectivity index (χ0n) is 59.3. The first-order valence-corrected chi connectivity index (χ1v) is 36.9. The van der Waals surface area contributed by atoms with Crippen molar-refractivity contribution in [2.75, 3.05) is 48.7 Å². The monoisotopic (exact) mass is 1430 g/mol. The van der Waals surface area contributed by atoms with Crippen LogP contribution in [0.5, 0.6) is 0 Å². The fraction of sp³-hybridized carbons (Fsp3) is 0.214. The largest absolute Gasteiger partial charge is 0.445 e. The SMILES string of the molecule is Nc1nccn2c(C3CCC(C(=O)Nc4nc5ccccc5[nH]4)CC3)nc(-c3cc4ccccc4[nH]3)c12.Nc1nccn2c(C3CCN(C(=O)OCc4ccccc4)CC3)nc(-c3ccc4[nH]ccc4c3)c12.Nc1nccn2c(C3CCN(Cc4ccc5ccccc5n4)CC3)nc(-c3cc4ccccc4[nH]3)c12. The molecule has 11 N–H and O–H groups in total. The second kappa shape index (κ2) is 28.7. The van der Waals surface area contributed by atoms with E-state index < -0.39 is 0 Å². The smallest absolute Gasteiger partial charge is 0.410 e. The molecule has 17 aromatic rings. The molecular formula is C84H79N21O3. The van der Waals surface area contributed by atoms with Gasteiger partial charge in [0.2, 0.25) is 11.9 Å². The highest BCUT2D eigenvalue weighted by molar-refractivity contribution is 5.95. The summed E-state index contributed by atoms with van der Waals surface area (Å²) in [5.41, 5.74) is 35.1. The first kappa shape index (κ1) is 66.7. The Morgan fingerprint density at radius 3 is 1.58 bits per heavy atom. The number of carbonyl (C=O) groups excluding carboxylic acids is 2. The van der Waals surface area contributed by atoms with Crippen LogP contribution in [0.1, 0.15) is 97.9 Å². The van der Waals surface area contributed by atoms with E-state index in [0.29, 0.717) is 42.4 Å². The molecule has 13 heterocycles. The van der Waals surface area contributed by atoms with Gasteiger partial charge in [-0.15, -0.1) is 0 Å². The van der Waals surface area contributed by atoms with Crippen LogP contribution in [0.3, 0.4) is 0 Å². The molecule has 3 aliphatic rings. The maximum absolute atomic E-state index is 13.0. The molecule has 108 heavy (non-hydrogen) atoms. The molecule has 0 spiro atoms. The van der Waals surface area contributed by atoms with Crippen molar-refractivity contribution in [3.8, 4) is 34.0 Å². The number of pyridine rings is 1. The zero-order chi connectivity index (χ0) is 72.8. The van der Waals surface area contributed by atoms with E-state index in [1.54, 1.807) is 23.5 Å². The predicted octanol–water partition coefficient (Wildman–Crippen LogP) is 15.6. The van der Waals surface area contributed by atoms with Crippen molar-refractivity contribution in [1.29, 1.82) is 0 Å². The number of piperidine rings is 2. The van der Waals surface area contributed by atoms with Crippen LogP contribution < -0.4 is 22.5 Å². The number of fused-ring (bicyclic) bond motifs is 8. The van der Waals surface area contributed by atoms with Crippen molar-refractivity contribution in [2.24, 2.45) is 5.92 Å². The molecule has 24 heteroatoms. The molecule has 1 aliphatic carbocycles. The molecule has 3 fully saturated rings. The molecule has 2 amide bonds. The minimum atomic E-state index is -0.269. The number of anilines is 4. The average Bonchev–Trinajstić information content (AvgIpc) is 1.61. The van der Waals surface area contributed by atoms with Crippen LogP contribution in [0.4, 0.5) is 28.2 Å². The molecular weight excluding hydrogens is 1350 g/mol. The molecule has 0 unspecified atom stereocenters. The van der Waals surface area contributed by atoms with Crippen LogP contribution in [0, 0.1) is 5.92 Å². The van der Waals surface area contributed by atoms with Gasteiger partial charge in [-0.25, -0.2) is 39.7 Å². The summed E-state index contributed by atoms with van der Waals surface area (Å²) < 4.78 is 11.8. The molecule has 1 saturated carbocycles. The Morgan fingerprint density at radius 1 is 0.463 bits per heavy atom. The Kier molecular flexibility index (Phi) is 17.7. The first-order valence-electron chi connectivity index (χ1n) is 36.9. The van der Waals surface area contributed by atoms with Crippen LogP contribution in [-0.4, -0.2) is 121 Å². The molecule has 0 radical (unpaired) electrons. The van der Waals surface area contributed by atoms with Crippen molar-refractivity contribution in [3.05, 3.63) is 248 Å². The summed E-state index contributed by atoms with van der Waals surface area (Å²) in [4.78, 5) is 81.0. The van der Waals surface area contributed by atoms with Gasteiger partial charge in [-0.2, -0.15) is 0 Å². The van der Waals surface area contributed by atoms with Crippen LogP contribution in [-0.2, 0) is 22.7 Å². The summed E-state index contributed by atoms with van der Waals surface area (Å²) in [6.07, 6.45) is 19.7. The van der Waals surface area contributed by atoms with Crippen molar-refractivity contribution in [2.45, 2.75) is 82.3 Å². The number of imidazole rings is 4. The van der Waals surface area contributed by atoms with Crippen molar-refractivity contribution >= 4 is 107 Å². The highest BCUT2D eigenvalue weighted by Gasteiger charge is 2.34. The lowest BCUT2D eigenvalue weighted by atomic mass is 9.81. The number of carbonyl (C=O) groups is 2. The number of rotatable bonds is 12. The fourth-order valence-electron chi connectivity index (χ4n) is 16.1.